The van der Waals surface area contributed by atoms with E-state index in [2.05, 4.69) is 10.2 Å². The highest BCUT2D eigenvalue weighted by Gasteiger charge is 2.35. The van der Waals surface area contributed by atoms with E-state index < -0.39 is 6.10 Å². The highest BCUT2D eigenvalue weighted by molar-refractivity contribution is 5.80. The average molecular weight is 317 g/mol. The molecule has 1 fully saturated rings. The van der Waals surface area contributed by atoms with Gasteiger partial charge < -0.3 is 10.0 Å². The molecule has 2 N–H and O–H groups in total. The van der Waals surface area contributed by atoms with Gasteiger partial charge in [-0.2, -0.15) is 5.10 Å². The van der Waals surface area contributed by atoms with E-state index in [4.69, 9.17) is 0 Å². The molecule has 0 bridgehead atoms. The van der Waals surface area contributed by atoms with Crippen molar-refractivity contribution >= 4 is 5.91 Å². The third kappa shape index (κ3) is 3.12. The van der Waals surface area contributed by atoms with Gasteiger partial charge in [0.15, 0.2) is 0 Å². The normalized spacial score (nSPS) is 21.0. The predicted octanol–water partition coefficient (Wildman–Crippen LogP) is 2.04. The summed E-state index contributed by atoms with van der Waals surface area (Å²) in [4.78, 5) is 14.4. The summed E-state index contributed by atoms with van der Waals surface area (Å²) < 4.78 is 13.1. The van der Waals surface area contributed by atoms with Crippen molar-refractivity contribution in [2.75, 3.05) is 6.54 Å². The van der Waals surface area contributed by atoms with Gasteiger partial charge in [0.05, 0.1) is 24.3 Å². The summed E-state index contributed by atoms with van der Waals surface area (Å²) in [5.74, 6) is -0.363. The Morgan fingerprint density at radius 1 is 1.39 bits per heavy atom. The molecule has 1 amide bonds. The minimum atomic E-state index is -0.555. The van der Waals surface area contributed by atoms with Crippen LogP contribution in [0.15, 0.2) is 24.3 Å². The third-order valence-corrected chi connectivity index (χ3v) is 4.46. The number of likely N-dealkylation sites (tertiary alicyclic amines) is 1. The smallest absolute Gasteiger partial charge is 0.227 e. The van der Waals surface area contributed by atoms with E-state index in [9.17, 15) is 14.3 Å². The van der Waals surface area contributed by atoms with Gasteiger partial charge in [-0.25, -0.2) is 4.39 Å². The molecule has 2 atom stereocenters. The number of amides is 1. The van der Waals surface area contributed by atoms with Gasteiger partial charge in [0, 0.05) is 17.8 Å². The second-order valence-corrected chi connectivity index (χ2v) is 6.09. The molecule has 1 aliphatic rings. The van der Waals surface area contributed by atoms with Gasteiger partial charge in [0.1, 0.15) is 5.82 Å². The van der Waals surface area contributed by atoms with Crippen molar-refractivity contribution in [3.8, 4) is 0 Å². The zero-order chi connectivity index (χ0) is 16.6. The topological polar surface area (TPSA) is 69.2 Å². The second kappa shape index (κ2) is 6.12. The molecule has 3 rings (SSSR count). The standard InChI is InChI=1S/C17H20FN3O2/c1-10-15(11(2)20-19-10)8-17(23)21-9-14(22)7-16(21)12-3-5-13(18)6-4-12/h3-6,14,16,22H,7-9H2,1-2H3,(H,19,20)/t14-,16+/m1/s1. The molecule has 0 unspecified atom stereocenters. The molecule has 23 heavy (non-hydrogen) atoms. The van der Waals surface area contributed by atoms with Crippen molar-refractivity contribution < 1.29 is 14.3 Å². The lowest BCUT2D eigenvalue weighted by Gasteiger charge is -2.25. The summed E-state index contributed by atoms with van der Waals surface area (Å²) in [6.45, 7) is 4.05. The fraction of sp³-hybridized carbons (Fsp3) is 0.412. The number of nitrogens with one attached hydrogen (secondary N) is 1. The number of carbonyl (C=O) groups excluding carboxylic acids is 1. The van der Waals surface area contributed by atoms with Crippen molar-refractivity contribution in [3.63, 3.8) is 0 Å². The molecule has 0 saturated carbocycles. The first-order valence-electron chi connectivity index (χ1n) is 7.69. The van der Waals surface area contributed by atoms with Crippen LogP contribution in [0.5, 0.6) is 0 Å². The van der Waals surface area contributed by atoms with Crippen molar-refractivity contribution in [1.29, 1.82) is 0 Å². The van der Waals surface area contributed by atoms with Crippen LogP contribution in [0.25, 0.3) is 0 Å². The maximum absolute atomic E-state index is 13.1. The molecule has 0 aliphatic carbocycles. The van der Waals surface area contributed by atoms with E-state index in [-0.39, 0.29) is 24.2 Å². The van der Waals surface area contributed by atoms with E-state index in [0.717, 1.165) is 22.5 Å². The van der Waals surface area contributed by atoms with Crippen molar-refractivity contribution in [1.82, 2.24) is 15.1 Å². The lowest BCUT2D eigenvalue weighted by atomic mass is 10.0. The van der Waals surface area contributed by atoms with Gasteiger partial charge in [-0.1, -0.05) is 12.1 Å². The number of aromatic amines is 1. The number of aryl methyl sites for hydroxylation is 2. The Morgan fingerprint density at radius 3 is 2.70 bits per heavy atom. The minimum Gasteiger partial charge on any atom is -0.391 e. The Morgan fingerprint density at radius 2 is 2.09 bits per heavy atom. The number of aliphatic hydroxyl groups is 1. The summed E-state index contributed by atoms with van der Waals surface area (Å²) in [6.07, 6.45) is 0.166. The number of aliphatic hydroxyl groups excluding tert-OH is 1. The van der Waals surface area contributed by atoms with Crippen LogP contribution in [0.3, 0.4) is 0 Å². The average Bonchev–Trinajstić information content (AvgIpc) is 3.05. The molecular formula is C17H20FN3O2. The third-order valence-electron chi connectivity index (χ3n) is 4.46. The number of β-amino-alcohol motifs (C(OH)–C–C–N with tert-alkyl or cyclic N) is 1. The highest BCUT2D eigenvalue weighted by Crippen LogP contribution is 2.33. The fourth-order valence-electron chi connectivity index (χ4n) is 3.18. The summed E-state index contributed by atoms with van der Waals surface area (Å²) in [5, 5.41) is 17.0. The number of H-pyrrole nitrogens is 1. The summed E-state index contributed by atoms with van der Waals surface area (Å²) >= 11 is 0. The van der Waals surface area contributed by atoms with Gasteiger partial charge in [-0.05, 0) is 38.0 Å². The minimum absolute atomic E-state index is 0.0523. The van der Waals surface area contributed by atoms with Crippen molar-refractivity contribution in [3.05, 3.63) is 52.6 Å². The number of carbonyl (C=O) groups is 1. The van der Waals surface area contributed by atoms with E-state index >= 15 is 0 Å². The summed E-state index contributed by atoms with van der Waals surface area (Å²) in [6, 6.07) is 5.89. The maximum atomic E-state index is 13.1. The molecule has 0 spiro atoms. The Labute approximate surface area is 134 Å². The van der Waals surface area contributed by atoms with Crippen LogP contribution in [0.2, 0.25) is 0 Å². The van der Waals surface area contributed by atoms with Crippen molar-refractivity contribution in [2.45, 2.75) is 38.8 Å². The Kier molecular flexibility index (Phi) is 4.17. The van der Waals surface area contributed by atoms with Gasteiger partial charge in [-0.3, -0.25) is 9.89 Å². The number of aromatic nitrogens is 2. The number of benzene rings is 1. The Bertz CT molecular complexity index is 692. The molecule has 6 heteroatoms. The Balaban J connectivity index is 1.81. The number of hydrogen-bond donors (Lipinski definition) is 2. The van der Waals surface area contributed by atoms with Gasteiger partial charge >= 0.3 is 0 Å². The van der Waals surface area contributed by atoms with E-state index in [1.54, 1.807) is 17.0 Å². The van der Waals surface area contributed by atoms with Gasteiger partial charge in [0.2, 0.25) is 5.91 Å². The zero-order valence-corrected chi connectivity index (χ0v) is 13.2. The number of rotatable bonds is 3. The van der Waals surface area contributed by atoms with Crippen LogP contribution < -0.4 is 0 Å². The molecule has 2 heterocycles. The molecular weight excluding hydrogens is 297 g/mol. The zero-order valence-electron chi connectivity index (χ0n) is 13.2. The van der Waals surface area contributed by atoms with Gasteiger partial charge in [-0.15, -0.1) is 0 Å². The maximum Gasteiger partial charge on any atom is 0.227 e. The Hall–Kier alpha value is -2.21. The number of nitrogens with zero attached hydrogens (tertiary/aromatic N) is 2. The molecule has 1 aliphatic heterocycles. The second-order valence-electron chi connectivity index (χ2n) is 6.09. The van der Waals surface area contributed by atoms with Crippen LogP contribution in [-0.4, -0.2) is 38.8 Å². The summed E-state index contributed by atoms with van der Waals surface area (Å²) in [7, 11) is 0. The molecule has 2 aromatic rings. The van der Waals surface area contributed by atoms with Crippen LogP contribution in [0.1, 0.15) is 35.0 Å². The first-order chi connectivity index (χ1) is 11.0. The fourth-order valence-corrected chi connectivity index (χ4v) is 3.18. The van der Waals surface area contributed by atoms with E-state index in [0.29, 0.717) is 13.0 Å². The number of hydrogen-bond acceptors (Lipinski definition) is 3. The molecule has 1 saturated heterocycles. The SMILES string of the molecule is Cc1n[nH]c(C)c1CC(=O)N1C[C@H](O)C[C@H]1c1ccc(F)cc1. The lowest BCUT2D eigenvalue weighted by Crippen LogP contribution is -2.33. The molecule has 1 aromatic carbocycles. The molecule has 122 valence electrons. The highest BCUT2D eigenvalue weighted by atomic mass is 19.1. The first-order valence-corrected chi connectivity index (χ1v) is 7.69. The lowest BCUT2D eigenvalue weighted by molar-refractivity contribution is -0.131. The van der Waals surface area contributed by atoms with E-state index in [1.165, 1.54) is 12.1 Å². The molecule has 0 radical (unpaired) electrons. The van der Waals surface area contributed by atoms with Crippen LogP contribution >= 0.6 is 0 Å². The number of halogens is 1. The first kappa shape index (κ1) is 15.7. The van der Waals surface area contributed by atoms with Crippen LogP contribution in [0.4, 0.5) is 4.39 Å². The predicted molar refractivity (Wildman–Crippen MR) is 83.2 cm³/mol. The summed E-state index contributed by atoms with van der Waals surface area (Å²) in [5.41, 5.74) is 3.44. The van der Waals surface area contributed by atoms with Crippen LogP contribution in [0, 0.1) is 19.7 Å². The monoisotopic (exact) mass is 317 g/mol. The molecule has 5 nitrogen and oxygen atoms in total. The van der Waals surface area contributed by atoms with Gasteiger partial charge in [0.25, 0.3) is 0 Å². The quantitative estimate of drug-likeness (QED) is 0.910. The van der Waals surface area contributed by atoms with Crippen molar-refractivity contribution in [2.24, 2.45) is 0 Å². The van der Waals surface area contributed by atoms with Crippen LogP contribution in [-0.2, 0) is 11.2 Å². The van der Waals surface area contributed by atoms with E-state index in [1.807, 2.05) is 13.8 Å². The molecule has 1 aromatic heterocycles. The largest absolute Gasteiger partial charge is 0.391 e.